The molecule has 0 unspecified atom stereocenters. The van der Waals surface area contributed by atoms with Crippen molar-refractivity contribution in [3.63, 3.8) is 0 Å². The standard InChI is InChI=1S/C21H21NO4S2/c1-14-17(12-21(23)24)11-20(16-5-9-19(10-6-16)28(2,25)26)22(14)18-7-3-15(13-27)4-8-18/h3-11,27H,12-13H2,1-2H3,(H,23,24). The van der Waals surface area contributed by atoms with Crippen LogP contribution in [0.4, 0.5) is 0 Å². The van der Waals surface area contributed by atoms with E-state index >= 15 is 0 Å². The summed E-state index contributed by atoms with van der Waals surface area (Å²) in [4.78, 5) is 11.5. The van der Waals surface area contributed by atoms with Crippen molar-refractivity contribution in [2.75, 3.05) is 6.26 Å². The Labute approximate surface area is 170 Å². The fourth-order valence-corrected chi connectivity index (χ4v) is 4.01. The SMILES string of the molecule is Cc1c(CC(=O)O)cc(-c2ccc(S(C)(=O)=O)cc2)n1-c1ccc(CS)cc1. The van der Waals surface area contributed by atoms with Crippen LogP contribution in [0.25, 0.3) is 16.9 Å². The Bertz CT molecular complexity index is 1110. The summed E-state index contributed by atoms with van der Waals surface area (Å²) in [6.07, 6.45) is 1.09. The Morgan fingerprint density at radius 3 is 2.18 bits per heavy atom. The van der Waals surface area contributed by atoms with Gasteiger partial charge in [-0.15, -0.1) is 0 Å². The number of hydrogen-bond acceptors (Lipinski definition) is 4. The first kappa shape index (κ1) is 20.2. The molecule has 0 bridgehead atoms. The van der Waals surface area contributed by atoms with Crippen molar-refractivity contribution >= 4 is 28.4 Å². The zero-order valence-electron chi connectivity index (χ0n) is 15.6. The second-order valence-corrected chi connectivity index (χ2v) is 9.00. The minimum atomic E-state index is -3.28. The summed E-state index contributed by atoms with van der Waals surface area (Å²) in [5.41, 5.74) is 5.16. The summed E-state index contributed by atoms with van der Waals surface area (Å²) < 4.78 is 25.5. The molecule has 0 aliphatic carbocycles. The topological polar surface area (TPSA) is 76.4 Å². The minimum absolute atomic E-state index is 0.0814. The maximum atomic E-state index is 11.7. The van der Waals surface area contributed by atoms with Gasteiger partial charge < -0.3 is 9.67 Å². The lowest BCUT2D eigenvalue weighted by molar-refractivity contribution is -0.136. The third kappa shape index (κ3) is 4.15. The van der Waals surface area contributed by atoms with Crippen LogP contribution in [0.5, 0.6) is 0 Å². The van der Waals surface area contributed by atoms with E-state index < -0.39 is 15.8 Å². The van der Waals surface area contributed by atoms with Crippen molar-refractivity contribution in [1.29, 1.82) is 0 Å². The highest BCUT2D eigenvalue weighted by atomic mass is 32.2. The molecule has 0 spiro atoms. The van der Waals surface area contributed by atoms with E-state index in [-0.39, 0.29) is 11.3 Å². The van der Waals surface area contributed by atoms with Crippen LogP contribution in [0.15, 0.2) is 59.5 Å². The van der Waals surface area contributed by atoms with Crippen LogP contribution in [0.2, 0.25) is 0 Å². The normalized spacial score (nSPS) is 11.5. The molecule has 0 saturated carbocycles. The molecular weight excluding hydrogens is 394 g/mol. The average Bonchev–Trinajstić information content (AvgIpc) is 2.97. The molecule has 0 atom stereocenters. The Hall–Kier alpha value is -2.51. The first-order valence-electron chi connectivity index (χ1n) is 8.64. The van der Waals surface area contributed by atoms with Crippen molar-refractivity contribution in [3.8, 4) is 16.9 Å². The fourth-order valence-electron chi connectivity index (χ4n) is 3.17. The van der Waals surface area contributed by atoms with Crippen LogP contribution in [0.1, 0.15) is 16.8 Å². The molecule has 0 fully saturated rings. The number of nitrogens with zero attached hydrogens (tertiary/aromatic N) is 1. The number of thiol groups is 1. The van der Waals surface area contributed by atoms with Crippen LogP contribution in [0.3, 0.4) is 0 Å². The van der Waals surface area contributed by atoms with E-state index in [4.69, 9.17) is 0 Å². The van der Waals surface area contributed by atoms with Gasteiger partial charge in [0.1, 0.15) is 0 Å². The first-order chi connectivity index (χ1) is 13.2. The lowest BCUT2D eigenvalue weighted by Crippen LogP contribution is -2.03. The van der Waals surface area contributed by atoms with Crippen LogP contribution in [0, 0.1) is 6.92 Å². The number of sulfone groups is 1. The Morgan fingerprint density at radius 1 is 1.07 bits per heavy atom. The zero-order valence-corrected chi connectivity index (χ0v) is 17.3. The zero-order chi connectivity index (χ0) is 20.5. The number of benzene rings is 2. The molecule has 7 heteroatoms. The second-order valence-electron chi connectivity index (χ2n) is 6.67. The summed E-state index contributed by atoms with van der Waals surface area (Å²) in [6, 6.07) is 16.4. The molecule has 0 radical (unpaired) electrons. The molecule has 3 rings (SSSR count). The van der Waals surface area contributed by atoms with Crippen LogP contribution in [-0.4, -0.2) is 30.3 Å². The van der Waals surface area contributed by atoms with Gasteiger partial charge in [0, 0.05) is 23.4 Å². The Balaban J connectivity index is 2.17. The number of hydrogen-bond donors (Lipinski definition) is 2. The van der Waals surface area contributed by atoms with E-state index in [9.17, 15) is 18.3 Å². The summed E-state index contributed by atoms with van der Waals surface area (Å²) in [6.45, 7) is 1.89. The summed E-state index contributed by atoms with van der Waals surface area (Å²) in [7, 11) is -3.28. The van der Waals surface area contributed by atoms with Crippen LogP contribution in [-0.2, 0) is 26.8 Å². The molecule has 3 aromatic rings. The van der Waals surface area contributed by atoms with Gasteiger partial charge in [-0.1, -0.05) is 24.3 Å². The maximum absolute atomic E-state index is 11.7. The number of aromatic nitrogens is 1. The molecule has 0 aliphatic rings. The summed E-state index contributed by atoms with van der Waals surface area (Å²) in [5.74, 6) is -0.265. The number of carboxylic acid groups (broad SMARTS) is 1. The van der Waals surface area contributed by atoms with Gasteiger partial charge in [-0.25, -0.2) is 8.42 Å². The highest BCUT2D eigenvalue weighted by Gasteiger charge is 2.17. The van der Waals surface area contributed by atoms with Crippen molar-refractivity contribution in [3.05, 3.63) is 71.4 Å². The van der Waals surface area contributed by atoms with E-state index in [0.29, 0.717) is 11.3 Å². The van der Waals surface area contributed by atoms with E-state index in [0.717, 1.165) is 28.2 Å². The largest absolute Gasteiger partial charge is 0.481 e. The van der Waals surface area contributed by atoms with Gasteiger partial charge in [-0.3, -0.25) is 4.79 Å². The quantitative estimate of drug-likeness (QED) is 0.599. The third-order valence-electron chi connectivity index (χ3n) is 4.65. The second kappa shape index (κ2) is 7.85. The van der Waals surface area contributed by atoms with Crippen molar-refractivity contribution in [1.82, 2.24) is 4.57 Å². The fraction of sp³-hybridized carbons (Fsp3) is 0.190. The smallest absolute Gasteiger partial charge is 0.307 e. The van der Waals surface area contributed by atoms with Gasteiger partial charge in [0.05, 0.1) is 17.0 Å². The van der Waals surface area contributed by atoms with E-state index in [1.807, 2.05) is 41.8 Å². The molecular formula is C21H21NO4S2. The van der Waals surface area contributed by atoms with Gasteiger partial charge in [0.2, 0.25) is 0 Å². The van der Waals surface area contributed by atoms with Crippen molar-refractivity contribution in [2.45, 2.75) is 24.0 Å². The first-order valence-corrected chi connectivity index (χ1v) is 11.2. The predicted octanol–water partition coefficient (Wildman–Crippen LogP) is 3.91. The van der Waals surface area contributed by atoms with E-state index in [1.165, 1.54) is 6.26 Å². The summed E-state index contributed by atoms with van der Waals surface area (Å²) in [5, 5.41) is 9.24. The van der Waals surface area contributed by atoms with Crippen LogP contribution >= 0.6 is 12.6 Å². The molecule has 0 saturated heterocycles. The highest BCUT2D eigenvalue weighted by molar-refractivity contribution is 7.90. The van der Waals surface area contributed by atoms with Crippen molar-refractivity contribution in [2.24, 2.45) is 0 Å². The van der Waals surface area contributed by atoms with Gasteiger partial charge in [-0.05, 0) is 53.9 Å². The molecule has 0 aliphatic heterocycles. The highest BCUT2D eigenvalue weighted by Crippen LogP contribution is 2.31. The monoisotopic (exact) mass is 415 g/mol. The molecule has 2 aromatic carbocycles. The minimum Gasteiger partial charge on any atom is -0.481 e. The van der Waals surface area contributed by atoms with Crippen molar-refractivity contribution < 1.29 is 18.3 Å². The van der Waals surface area contributed by atoms with Gasteiger partial charge in [0.15, 0.2) is 9.84 Å². The molecule has 1 heterocycles. The molecule has 146 valence electrons. The molecule has 1 N–H and O–H groups in total. The van der Waals surface area contributed by atoms with Crippen LogP contribution < -0.4 is 0 Å². The van der Waals surface area contributed by atoms with Gasteiger partial charge in [-0.2, -0.15) is 12.6 Å². The van der Waals surface area contributed by atoms with E-state index in [2.05, 4.69) is 12.6 Å². The van der Waals surface area contributed by atoms with E-state index in [1.54, 1.807) is 24.3 Å². The summed E-state index contributed by atoms with van der Waals surface area (Å²) >= 11 is 4.28. The Kier molecular flexibility index (Phi) is 5.67. The molecule has 1 aromatic heterocycles. The number of rotatable bonds is 6. The average molecular weight is 416 g/mol. The number of carbonyl (C=O) groups is 1. The van der Waals surface area contributed by atoms with Gasteiger partial charge in [0.25, 0.3) is 0 Å². The molecule has 0 amide bonds. The van der Waals surface area contributed by atoms with Gasteiger partial charge >= 0.3 is 5.97 Å². The lowest BCUT2D eigenvalue weighted by atomic mass is 10.1. The number of carboxylic acids is 1. The number of aliphatic carboxylic acids is 1. The Morgan fingerprint density at radius 2 is 1.68 bits per heavy atom. The predicted molar refractivity (Wildman–Crippen MR) is 113 cm³/mol. The molecule has 28 heavy (non-hydrogen) atoms. The lowest BCUT2D eigenvalue weighted by Gasteiger charge is -2.13. The maximum Gasteiger partial charge on any atom is 0.307 e. The third-order valence-corrected chi connectivity index (χ3v) is 6.14. The molecule has 5 nitrogen and oxygen atoms in total.